The molecule has 4 heteroatoms. The molecular weight excluding hydrogens is 266 g/mol. The lowest BCUT2D eigenvalue weighted by Crippen LogP contribution is -2.37. The first kappa shape index (κ1) is 13.9. The topological polar surface area (TPSA) is 28.2 Å². The molecule has 1 aromatic carbocycles. The summed E-state index contributed by atoms with van der Waals surface area (Å²) in [5.41, 5.74) is 1.29. The number of nitrogens with one attached hydrogen (secondary N) is 1. The number of pyridine rings is 1. The Balaban J connectivity index is 1.52. The van der Waals surface area contributed by atoms with Crippen LogP contribution in [0.15, 0.2) is 36.7 Å². The molecule has 3 rings (SSSR count). The van der Waals surface area contributed by atoms with E-state index in [9.17, 15) is 0 Å². The van der Waals surface area contributed by atoms with Crippen LogP contribution in [0.3, 0.4) is 0 Å². The van der Waals surface area contributed by atoms with Gasteiger partial charge >= 0.3 is 0 Å². The monoisotopic (exact) mass is 287 g/mol. The quantitative estimate of drug-likeness (QED) is 0.855. The summed E-state index contributed by atoms with van der Waals surface area (Å²) in [4.78, 5) is 6.87. The number of hydrogen-bond acceptors (Lipinski definition) is 4. The zero-order valence-corrected chi connectivity index (χ0v) is 12.5. The smallest absolute Gasteiger partial charge is 0.0346 e. The molecule has 1 aromatic heterocycles. The summed E-state index contributed by atoms with van der Waals surface area (Å²) < 4.78 is 0. The third-order valence-corrected chi connectivity index (χ3v) is 4.72. The van der Waals surface area contributed by atoms with Gasteiger partial charge in [0, 0.05) is 62.0 Å². The number of benzene rings is 1. The molecule has 0 unspecified atom stereocenters. The molecule has 0 bridgehead atoms. The van der Waals surface area contributed by atoms with Crippen molar-refractivity contribution in [3.63, 3.8) is 0 Å². The van der Waals surface area contributed by atoms with Crippen LogP contribution in [-0.4, -0.2) is 47.6 Å². The minimum absolute atomic E-state index is 0.900. The van der Waals surface area contributed by atoms with Crippen LogP contribution in [0, 0.1) is 0 Å². The average molecular weight is 287 g/mol. The molecule has 1 N–H and O–H groups in total. The fourth-order valence-corrected chi connectivity index (χ4v) is 3.58. The number of thioether (sulfide) groups is 1. The van der Waals surface area contributed by atoms with E-state index in [0.29, 0.717) is 0 Å². The summed E-state index contributed by atoms with van der Waals surface area (Å²) in [7, 11) is 0. The van der Waals surface area contributed by atoms with E-state index < -0.39 is 0 Å². The number of nitrogens with zero attached hydrogens (tertiary/aromatic N) is 2. The molecule has 2 heterocycles. The number of rotatable bonds is 5. The van der Waals surface area contributed by atoms with E-state index in [0.717, 1.165) is 19.6 Å². The number of aromatic nitrogens is 1. The fraction of sp³-hybridized carbons (Fsp3) is 0.438. The molecule has 106 valence electrons. The highest BCUT2D eigenvalue weighted by molar-refractivity contribution is 7.99. The third-order valence-electron chi connectivity index (χ3n) is 3.77. The van der Waals surface area contributed by atoms with Gasteiger partial charge in [-0.2, -0.15) is 11.8 Å². The number of fused-ring (bicyclic) bond motifs is 1. The maximum absolute atomic E-state index is 4.33. The molecular formula is C16H21N3S. The molecule has 0 aliphatic carbocycles. The molecule has 0 radical (unpaired) electrons. The van der Waals surface area contributed by atoms with Gasteiger partial charge in [0.05, 0.1) is 0 Å². The maximum atomic E-state index is 4.33. The first-order valence-corrected chi connectivity index (χ1v) is 8.41. The van der Waals surface area contributed by atoms with Crippen molar-refractivity contribution in [1.82, 2.24) is 15.2 Å². The van der Waals surface area contributed by atoms with Crippen LogP contribution in [0.1, 0.15) is 5.56 Å². The lowest BCUT2D eigenvalue weighted by Gasteiger charge is -2.26. The van der Waals surface area contributed by atoms with Crippen LogP contribution in [0.5, 0.6) is 0 Å². The normalized spacial score (nSPS) is 16.6. The minimum Gasteiger partial charge on any atom is -0.311 e. The predicted molar refractivity (Wildman–Crippen MR) is 87.2 cm³/mol. The van der Waals surface area contributed by atoms with Crippen LogP contribution in [0.2, 0.25) is 0 Å². The minimum atomic E-state index is 0.900. The molecule has 1 aliphatic rings. The second-order valence-corrected chi connectivity index (χ2v) is 6.38. The molecule has 0 atom stereocenters. The largest absolute Gasteiger partial charge is 0.311 e. The molecule has 2 aromatic rings. The Labute approximate surface area is 124 Å². The summed E-state index contributed by atoms with van der Waals surface area (Å²) in [6.07, 6.45) is 3.91. The fourth-order valence-electron chi connectivity index (χ4n) is 2.60. The van der Waals surface area contributed by atoms with Gasteiger partial charge in [-0.3, -0.25) is 4.98 Å². The first-order chi connectivity index (χ1) is 9.93. The van der Waals surface area contributed by atoms with Crippen LogP contribution in [0.4, 0.5) is 0 Å². The molecule has 1 aliphatic heterocycles. The van der Waals surface area contributed by atoms with E-state index in [1.165, 1.54) is 40.9 Å². The molecule has 0 spiro atoms. The summed E-state index contributed by atoms with van der Waals surface area (Å²) in [5, 5.41) is 6.08. The second-order valence-electron chi connectivity index (χ2n) is 5.15. The highest BCUT2D eigenvalue weighted by atomic mass is 32.2. The standard InChI is InChI=1S/C16H21N3S/c1-2-4-16-14(3-1)11-18-13-15(16)12-17-5-6-19-7-9-20-10-8-19/h1-4,11,13,17H,5-10,12H2. The summed E-state index contributed by atoms with van der Waals surface area (Å²) in [6.45, 7) is 5.58. The Hall–Kier alpha value is -1.10. The lowest BCUT2D eigenvalue weighted by atomic mass is 10.1. The van der Waals surface area contributed by atoms with Crippen molar-refractivity contribution in [1.29, 1.82) is 0 Å². The van der Waals surface area contributed by atoms with Crippen molar-refractivity contribution in [3.8, 4) is 0 Å². The summed E-state index contributed by atoms with van der Waals surface area (Å²) in [6, 6.07) is 8.46. The molecule has 0 saturated carbocycles. The predicted octanol–water partition coefficient (Wildman–Crippen LogP) is 2.37. The second kappa shape index (κ2) is 7.07. The number of hydrogen-bond donors (Lipinski definition) is 1. The van der Waals surface area contributed by atoms with Gasteiger partial charge in [0.2, 0.25) is 0 Å². The highest BCUT2D eigenvalue weighted by Crippen LogP contribution is 2.16. The molecule has 3 nitrogen and oxygen atoms in total. The van der Waals surface area contributed by atoms with Crippen LogP contribution >= 0.6 is 11.8 Å². The Bertz CT molecular complexity index is 547. The zero-order chi connectivity index (χ0) is 13.6. The van der Waals surface area contributed by atoms with Crippen molar-refractivity contribution in [2.24, 2.45) is 0 Å². The highest BCUT2D eigenvalue weighted by Gasteiger charge is 2.09. The maximum Gasteiger partial charge on any atom is 0.0346 e. The zero-order valence-electron chi connectivity index (χ0n) is 11.7. The Morgan fingerprint density at radius 2 is 2.00 bits per heavy atom. The Kier molecular flexibility index (Phi) is 4.90. The SMILES string of the molecule is c1ccc2c(CNCCN3CCSCC3)cncc2c1. The van der Waals surface area contributed by atoms with E-state index >= 15 is 0 Å². The van der Waals surface area contributed by atoms with Gasteiger partial charge in [-0.1, -0.05) is 24.3 Å². The van der Waals surface area contributed by atoms with E-state index in [4.69, 9.17) is 0 Å². The summed E-state index contributed by atoms with van der Waals surface area (Å²) >= 11 is 2.07. The lowest BCUT2D eigenvalue weighted by molar-refractivity contribution is 0.301. The van der Waals surface area contributed by atoms with Crippen molar-refractivity contribution in [2.45, 2.75) is 6.54 Å². The van der Waals surface area contributed by atoms with E-state index in [1.807, 2.05) is 12.4 Å². The molecule has 0 amide bonds. The van der Waals surface area contributed by atoms with Crippen LogP contribution in [-0.2, 0) is 6.54 Å². The van der Waals surface area contributed by atoms with Gasteiger partial charge in [-0.05, 0) is 10.9 Å². The van der Waals surface area contributed by atoms with Crippen molar-refractivity contribution in [3.05, 3.63) is 42.2 Å². The van der Waals surface area contributed by atoms with Crippen LogP contribution in [0.25, 0.3) is 10.8 Å². The molecule has 20 heavy (non-hydrogen) atoms. The van der Waals surface area contributed by atoms with Gasteiger partial charge in [0.1, 0.15) is 0 Å². The van der Waals surface area contributed by atoms with E-state index in [1.54, 1.807) is 0 Å². The van der Waals surface area contributed by atoms with Gasteiger partial charge in [-0.15, -0.1) is 0 Å². The third kappa shape index (κ3) is 3.51. The Morgan fingerprint density at radius 3 is 2.90 bits per heavy atom. The van der Waals surface area contributed by atoms with E-state index in [-0.39, 0.29) is 0 Å². The van der Waals surface area contributed by atoms with Gasteiger partial charge in [0.15, 0.2) is 0 Å². The Morgan fingerprint density at radius 1 is 1.15 bits per heavy atom. The van der Waals surface area contributed by atoms with Gasteiger partial charge < -0.3 is 10.2 Å². The molecule has 1 saturated heterocycles. The van der Waals surface area contributed by atoms with Crippen LogP contribution < -0.4 is 5.32 Å². The van der Waals surface area contributed by atoms with Gasteiger partial charge in [-0.25, -0.2) is 0 Å². The van der Waals surface area contributed by atoms with Gasteiger partial charge in [0.25, 0.3) is 0 Å². The average Bonchev–Trinajstić information content (AvgIpc) is 2.53. The molecule has 1 fully saturated rings. The first-order valence-electron chi connectivity index (χ1n) is 7.26. The van der Waals surface area contributed by atoms with Crippen molar-refractivity contribution in [2.75, 3.05) is 37.7 Å². The van der Waals surface area contributed by atoms with Crippen molar-refractivity contribution < 1.29 is 0 Å². The van der Waals surface area contributed by atoms with E-state index in [2.05, 4.69) is 51.2 Å². The van der Waals surface area contributed by atoms with Crippen molar-refractivity contribution >= 4 is 22.5 Å². The summed E-state index contributed by atoms with van der Waals surface area (Å²) in [5.74, 6) is 2.57.